The number of aromatic hydroxyl groups is 2. The molecule has 9 nitrogen and oxygen atoms in total. The number of nitro groups is 1. The van der Waals surface area contributed by atoms with E-state index in [9.17, 15) is 25.1 Å². The number of rotatable bonds is 5. The molecule has 5 N–H and O–H groups in total. The second-order valence-electron chi connectivity index (χ2n) is 4.87. The van der Waals surface area contributed by atoms with E-state index >= 15 is 0 Å². The van der Waals surface area contributed by atoms with Gasteiger partial charge in [0.25, 0.3) is 0 Å². The predicted molar refractivity (Wildman–Crippen MR) is 86.7 cm³/mol. The van der Waals surface area contributed by atoms with Gasteiger partial charge >= 0.3 is 5.69 Å². The largest absolute Gasteiger partial charge is 0.507 e. The third-order valence-electron chi connectivity index (χ3n) is 3.06. The van der Waals surface area contributed by atoms with Crippen molar-refractivity contribution in [2.45, 2.75) is 6.42 Å². The minimum absolute atomic E-state index is 0.0210. The first-order chi connectivity index (χ1) is 11.4. The Morgan fingerprint density at radius 1 is 1.25 bits per heavy atom. The van der Waals surface area contributed by atoms with E-state index in [1.165, 1.54) is 0 Å². The number of hydrogen-bond acceptors (Lipinski definition) is 7. The number of carbonyl (C=O) groups excluding carboxylic acids is 1. The Morgan fingerprint density at radius 2 is 1.92 bits per heavy atom. The Kier molecular flexibility index (Phi) is 4.95. The van der Waals surface area contributed by atoms with Crippen LogP contribution in [0.25, 0.3) is 0 Å². The van der Waals surface area contributed by atoms with E-state index in [0.717, 1.165) is 23.9 Å². The summed E-state index contributed by atoms with van der Waals surface area (Å²) in [6, 6.07) is 8.51. The molecule has 0 saturated heterocycles. The molecule has 0 saturated carbocycles. The number of nitrogens with two attached hydrogens (primary N) is 1. The summed E-state index contributed by atoms with van der Waals surface area (Å²) in [5, 5.41) is 33.4. The SMILES string of the molecule is Nc1ccc(CC(=O)N/N=C\c2cc([N+](=O)[O-])c(O)cc2O)cc1. The smallest absolute Gasteiger partial charge is 0.311 e. The van der Waals surface area contributed by atoms with Gasteiger partial charge in [0, 0.05) is 23.4 Å². The minimum atomic E-state index is -0.800. The van der Waals surface area contributed by atoms with Crippen molar-refractivity contribution in [1.82, 2.24) is 5.43 Å². The summed E-state index contributed by atoms with van der Waals surface area (Å²) in [6.07, 6.45) is 1.11. The van der Waals surface area contributed by atoms with Gasteiger partial charge in [0.2, 0.25) is 5.91 Å². The van der Waals surface area contributed by atoms with Gasteiger partial charge in [-0.25, -0.2) is 5.43 Å². The van der Waals surface area contributed by atoms with Crippen molar-refractivity contribution < 1.29 is 19.9 Å². The second kappa shape index (κ2) is 7.09. The summed E-state index contributed by atoms with van der Waals surface area (Å²) in [5.41, 5.74) is 8.51. The van der Waals surface area contributed by atoms with Gasteiger partial charge in [-0.2, -0.15) is 5.10 Å². The first-order valence-corrected chi connectivity index (χ1v) is 6.73. The fourth-order valence-electron chi connectivity index (χ4n) is 1.87. The first-order valence-electron chi connectivity index (χ1n) is 6.73. The molecule has 0 fully saturated rings. The molecule has 1 amide bonds. The molecule has 2 aromatic rings. The lowest BCUT2D eigenvalue weighted by molar-refractivity contribution is -0.385. The number of phenols is 2. The van der Waals surface area contributed by atoms with Gasteiger partial charge in [-0.1, -0.05) is 12.1 Å². The summed E-state index contributed by atoms with van der Waals surface area (Å²) in [5.74, 6) is -1.49. The maximum atomic E-state index is 11.7. The Labute approximate surface area is 136 Å². The van der Waals surface area contributed by atoms with Crippen molar-refractivity contribution in [2.75, 3.05) is 5.73 Å². The maximum Gasteiger partial charge on any atom is 0.311 e. The number of nitro benzene ring substituents is 1. The van der Waals surface area contributed by atoms with Crippen molar-refractivity contribution in [2.24, 2.45) is 5.10 Å². The fraction of sp³-hybridized carbons (Fsp3) is 0.0667. The van der Waals surface area contributed by atoms with Crippen LogP contribution in [-0.2, 0) is 11.2 Å². The normalized spacial score (nSPS) is 10.7. The molecule has 0 bridgehead atoms. The monoisotopic (exact) mass is 330 g/mol. The van der Waals surface area contributed by atoms with Gasteiger partial charge < -0.3 is 15.9 Å². The Bertz CT molecular complexity index is 802. The van der Waals surface area contributed by atoms with Crippen LogP contribution in [0.4, 0.5) is 11.4 Å². The molecular weight excluding hydrogens is 316 g/mol. The van der Waals surface area contributed by atoms with Crippen molar-refractivity contribution in [3.8, 4) is 11.5 Å². The molecule has 0 spiro atoms. The van der Waals surface area contributed by atoms with E-state index in [1.54, 1.807) is 24.3 Å². The van der Waals surface area contributed by atoms with E-state index in [1.807, 2.05) is 0 Å². The highest BCUT2D eigenvalue weighted by molar-refractivity contribution is 5.87. The summed E-state index contributed by atoms with van der Waals surface area (Å²) < 4.78 is 0. The Balaban J connectivity index is 2.03. The molecule has 0 aromatic heterocycles. The van der Waals surface area contributed by atoms with E-state index in [0.29, 0.717) is 5.69 Å². The van der Waals surface area contributed by atoms with Crippen LogP contribution in [0.5, 0.6) is 11.5 Å². The number of amides is 1. The summed E-state index contributed by atoms with van der Waals surface area (Å²) in [7, 11) is 0. The lowest BCUT2D eigenvalue weighted by Gasteiger charge is -2.03. The first kappa shape index (κ1) is 16.7. The standard InChI is InChI=1S/C15H14N4O5/c16-11-3-1-9(2-4-11)5-15(22)18-17-8-10-6-12(19(23)24)14(21)7-13(10)20/h1-4,6-8,20-21H,5,16H2,(H,18,22)/b17-8-. The number of nitrogens with one attached hydrogen (secondary N) is 1. The Morgan fingerprint density at radius 3 is 2.54 bits per heavy atom. The van der Waals surface area contributed by atoms with E-state index in [2.05, 4.69) is 10.5 Å². The van der Waals surface area contributed by atoms with Gasteiger partial charge in [-0.15, -0.1) is 0 Å². The van der Waals surface area contributed by atoms with Crippen LogP contribution in [0.2, 0.25) is 0 Å². The molecule has 0 unspecified atom stereocenters. The number of hydrazone groups is 1. The van der Waals surface area contributed by atoms with Crippen molar-refractivity contribution in [1.29, 1.82) is 0 Å². The number of nitrogens with zero attached hydrogens (tertiary/aromatic N) is 2. The fourth-order valence-corrected chi connectivity index (χ4v) is 1.87. The maximum absolute atomic E-state index is 11.7. The molecule has 0 heterocycles. The third kappa shape index (κ3) is 4.19. The van der Waals surface area contributed by atoms with E-state index in [4.69, 9.17) is 5.73 Å². The highest BCUT2D eigenvalue weighted by atomic mass is 16.6. The van der Waals surface area contributed by atoms with E-state index < -0.39 is 28.0 Å². The van der Waals surface area contributed by atoms with Crippen LogP contribution in [-0.4, -0.2) is 27.3 Å². The zero-order valence-electron chi connectivity index (χ0n) is 12.3. The third-order valence-corrected chi connectivity index (χ3v) is 3.06. The summed E-state index contributed by atoms with van der Waals surface area (Å²) >= 11 is 0. The number of carbonyl (C=O) groups is 1. The van der Waals surface area contributed by atoms with Crippen LogP contribution in [0.1, 0.15) is 11.1 Å². The van der Waals surface area contributed by atoms with Crippen LogP contribution in [0.15, 0.2) is 41.5 Å². The van der Waals surface area contributed by atoms with Crippen LogP contribution < -0.4 is 11.2 Å². The summed E-state index contributed by atoms with van der Waals surface area (Å²) in [4.78, 5) is 21.7. The number of phenolic OH excluding ortho intramolecular Hbond substituents is 2. The number of benzene rings is 2. The lowest BCUT2D eigenvalue weighted by atomic mass is 10.1. The van der Waals surface area contributed by atoms with E-state index in [-0.39, 0.29) is 12.0 Å². The molecule has 124 valence electrons. The Hall–Kier alpha value is -3.62. The lowest BCUT2D eigenvalue weighted by Crippen LogP contribution is -2.19. The highest BCUT2D eigenvalue weighted by Crippen LogP contribution is 2.31. The van der Waals surface area contributed by atoms with Gasteiger partial charge in [-0.3, -0.25) is 14.9 Å². The number of nitrogen functional groups attached to an aromatic ring is 1. The topological polar surface area (TPSA) is 151 Å². The van der Waals surface area contributed by atoms with Gasteiger partial charge in [0.05, 0.1) is 17.6 Å². The van der Waals surface area contributed by atoms with Crippen molar-refractivity contribution in [3.05, 3.63) is 57.6 Å². The number of hydrogen-bond donors (Lipinski definition) is 4. The van der Waals surface area contributed by atoms with Crippen LogP contribution in [0.3, 0.4) is 0 Å². The molecule has 0 atom stereocenters. The molecular formula is C15H14N4O5. The molecule has 0 aliphatic heterocycles. The van der Waals surface area contributed by atoms with Gasteiger partial charge in [0.1, 0.15) is 5.75 Å². The molecule has 0 radical (unpaired) electrons. The quantitative estimate of drug-likeness (QED) is 0.280. The van der Waals surface area contributed by atoms with Gasteiger partial charge in [0.15, 0.2) is 5.75 Å². The zero-order valence-corrected chi connectivity index (χ0v) is 12.3. The molecule has 9 heteroatoms. The zero-order chi connectivity index (χ0) is 17.7. The molecule has 2 rings (SSSR count). The number of anilines is 1. The predicted octanol–water partition coefficient (Wildman–Crippen LogP) is 1.28. The molecule has 0 aliphatic rings. The van der Waals surface area contributed by atoms with Crippen LogP contribution >= 0.6 is 0 Å². The molecule has 24 heavy (non-hydrogen) atoms. The average molecular weight is 330 g/mol. The van der Waals surface area contributed by atoms with Gasteiger partial charge in [-0.05, 0) is 17.7 Å². The molecule has 0 aliphatic carbocycles. The second-order valence-corrected chi connectivity index (χ2v) is 4.87. The van der Waals surface area contributed by atoms with Crippen molar-refractivity contribution >= 4 is 23.5 Å². The average Bonchev–Trinajstić information content (AvgIpc) is 2.51. The minimum Gasteiger partial charge on any atom is -0.507 e. The van der Waals surface area contributed by atoms with Crippen LogP contribution in [0, 0.1) is 10.1 Å². The molecule has 2 aromatic carbocycles. The summed E-state index contributed by atoms with van der Waals surface area (Å²) in [6.45, 7) is 0. The van der Waals surface area contributed by atoms with Crippen molar-refractivity contribution in [3.63, 3.8) is 0 Å². The highest BCUT2D eigenvalue weighted by Gasteiger charge is 2.16.